The van der Waals surface area contributed by atoms with Crippen LogP contribution in [0.5, 0.6) is 11.5 Å². The lowest BCUT2D eigenvalue weighted by Crippen LogP contribution is -2.24. The second kappa shape index (κ2) is 12.1. The zero-order valence-electron chi connectivity index (χ0n) is 19.8. The van der Waals surface area contributed by atoms with Crippen LogP contribution in [0.25, 0.3) is 0 Å². The number of hydrogen-bond acceptors (Lipinski definition) is 6. The molecule has 4 aromatic rings. The average Bonchev–Trinajstić information content (AvgIpc) is 3.25. The van der Waals surface area contributed by atoms with Crippen molar-refractivity contribution >= 4 is 17.7 Å². The Bertz CT molecular complexity index is 1250. The molecule has 0 radical (unpaired) electrons. The number of rotatable bonds is 11. The minimum atomic E-state index is -0.0784. The summed E-state index contributed by atoms with van der Waals surface area (Å²) in [6, 6.07) is 25.8. The number of thioether (sulfide) groups is 1. The maximum absolute atomic E-state index is 12.5. The first-order valence-corrected chi connectivity index (χ1v) is 12.3. The maximum Gasteiger partial charge on any atom is 0.230 e. The van der Waals surface area contributed by atoms with Gasteiger partial charge in [0.05, 0.1) is 19.4 Å². The van der Waals surface area contributed by atoms with Gasteiger partial charge in [-0.25, -0.2) is 0 Å². The fourth-order valence-corrected chi connectivity index (χ4v) is 4.29. The Morgan fingerprint density at radius 3 is 2.34 bits per heavy atom. The summed E-state index contributed by atoms with van der Waals surface area (Å²) < 4.78 is 13.4. The van der Waals surface area contributed by atoms with Crippen molar-refractivity contribution < 1.29 is 14.3 Å². The van der Waals surface area contributed by atoms with E-state index in [0.29, 0.717) is 31.2 Å². The molecule has 0 aliphatic carbocycles. The Morgan fingerprint density at radius 1 is 0.914 bits per heavy atom. The molecule has 0 aliphatic heterocycles. The molecule has 1 amide bonds. The van der Waals surface area contributed by atoms with Crippen LogP contribution < -0.4 is 14.8 Å². The van der Waals surface area contributed by atoms with Crippen LogP contribution in [0.3, 0.4) is 0 Å². The van der Waals surface area contributed by atoms with Gasteiger partial charge >= 0.3 is 0 Å². The molecule has 0 saturated carbocycles. The van der Waals surface area contributed by atoms with E-state index in [1.807, 2.05) is 78.2 Å². The summed E-state index contributed by atoms with van der Waals surface area (Å²) in [5.41, 5.74) is 3.17. The summed E-state index contributed by atoms with van der Waals surface area (Å²) in [6.07, 6.45) is 0. The van der Waals surface area contributed by atoms with Crippen molar-refractivity contribution in [3.63, 3.8) is 0 Å². The normalized spacial score (nSPS) is 10.7. The van der Waals surface area contributed by atoms with Gasteiger partial charge in [-0.2, -0.15) is 0 Å². The van der Waals surface area contributed by atoms with Crippen molar-refractivity contribution in [1.29, 1.82) is 0 Å². The molecule has 0 saturated heterocycles. The number of nitrogens with zero attached hydrogens (tertiary/aromatic N) is 3. The smallest absolute Gasteiger partial charge is 0.230 e. The molecule has 4 rings (SSSR count). The van der Waals surface area contributed by atoms with Crippen LogP contribution in [-0.2, 0) is 24.5 Å². The summed E-state index contributed by atoms with van der Waals surface area (Å²) in [5.74, 6) is 2.29. The number of carbonyl (C=O) groups excluding carboxylic acids is 1. The van der Waals surface area contributed by atoms with Gasteiger partial charge in [0.2, 0.25) is 5.91 Å². The summed E-state index contributed by atoms with van der Waals surface area (Å²) in [5, 5.41) is 12.1. The SMILES string of the molecule is COc1cc(CNC(=O)CSc2nnc(C)n2Cc2ccccc2)ccc1OCc1ccccc1. The van der Waals surface area contributed by atoms with Gasteiger partial charge < -0.3 is 19.4 Å². The molecule has 1 N–H and O–H groups in total. The Labute approximate surface area is 209 Å². The van der Waals surface area contributed by atoms with Crippen molar-refractivity contribution in [2.45, 2.75) is 31.8 Å². The standard InChI is InChI=1S/C27H28N4O3S/c1-20-29-30-27(31(20)17-21-9-5-3-6-10-21)35-19-26(32)28-16-23-13-14-24(25(15-23)33-2)34-18-22-11-7-4-8-12-22/h3-15H,16-19H2,1-2H3,(H,28,32). The summed E-state index contributed by atoms with van der Waals surface area (Å²) >= 11 is 1.38. The van der Waals surface area contributed by atoms with Gasteiger partial charge in [-0.05, 0) is 35.7 Å². The van der Waals surface area contributed by atoms with E-state index < -0.39 is 0 Å². The van der Waals surface area contributed by atoms with E-state index in [4.69, 9.17) is 9.47 Å². The molecular weight excluding hydrogens is 460 g/mol. The first-order chi connectivity index (χ1) is 17.1. The highest BCUT2D eigenvalue weighted by atomic mass is 32.2. The molecule has 35 heavy (non-hydrogen) atoms. The molecule has 0 unspecified atom stereocenters. The van der Waals surface area contributed by atoms with Crippen molar-refractivity contribution in [3.8, 4) is 11.5 Å². The van der Waals surface area contributed by atoms with Crippen molar-refractivity contribution in [2.24, 2.45) is 0 Å². The van der Waals surface area contributed by atoms with E-state index in [0.717, 1.165) is 27.7 Å². The predicted molar refractivity (Wildman–Crippen MR) is 137 cm³/mol. The lowest BCUT2D eigenvalue weighted by molar-refractivity contribution is -0.118. The fourth-order valence-electron chi connectivity index (χ4n) is 3.47. The van der Waals surface area contributed by atoms with E-state index in [2.05, 4.69) is 27.6 Å². The molecule has 8 heteroatoms. The number of carbonyl (C=O) groups is 1. The van der Waals surface area contributed by atoms with E-state index in [1.54, 1.807) is 7.11 Å². The Kier molecular flexibility index (Phi) is 8.40. The molecule has 7 nitrogen and oxygen atoms in total. The summed E-state index contributed by atoms with van der Waals surface area (Å²) in [4.78, 5) is 12.5. The van der Waals surface area contributed by atoms with Crippen molar-refractivity contribution in [2.75, 3.05) is 12.9 Å². The number of aromatic nitrogens is 3. The van der Waals surface area contributed by atoms with Crippen molar-refractivity contribution in [3.05, 3.63) is 101 Å². The van der Waals surface area contributed by atoms with Crippen molar-refractivity contribution in [1.82, 2.24) is 20.1 Å². The van der Waals surface area contributed by atoms with Crippen LogP contribution in [-0.4, -0.2) is 33.5 Å². The van der Waals surface area contributed by atoms with Gasteiger partial charge in [0.25, 0.3) is 0 Å². The maximum atomic E-state index is 12.5. The molecule has 0 aliphatic rings. The average molecular weight is 489 g/mol. The first kappa shape index (κ1) is 24.3. The van der Waals surface area contributed by atoms with Crippen LogP contribution in [0.4, 0.5) is 0 Å². The second-order valence-corrected chi connectivity index (χ2v) is 8.87. The number of hydrogen-bond donors (Lipinski definition) is 1. The predicted octanol–water partition coefficient (Wildman–Crippen LogP) is 4.63. The van der Waals surface area contributed by atoms with Crippen LogP contribution in [0.15, 0.2) is 84.0 Å². The third-order valence-electron chi connectivity index (χ3n) is 5.37. The topological polar surface area (TPSA) is 78.3 Å². The second-order valence-electron chi connectivity index (χ2n) is 7.93. The largest absolute Gasteiger partial charge is 0.493 e. The Morgan fingerprint density at radius 2 is 1.63 bits per heavy atom. The summed E-state index contributed by atoms with van der Waals surface area (Å²) in [7, 11) is 1.61. The highest BCUT2D eigenvalue weighted by Crippen LogP contribution is 2.29. The molecule has 0 fully saturated rings. The van der Waals surface area contributed by atoms with Gasteiger partial charge in [0.15, 0.2) is 16.7 Å². The summed E-state index contributed by atoms with van der Waals surface area (Å²) in [6.45, 7) is 3.44. The molecule has 1 aromatic heterocycles. The van der Waals surface area contributed by atoms with E-state index in [9.17, 15) is 4.79 Å². The molecule has 180 valence electrons. The minimum Gasteiger partial charge on any atom is -0.493 e. The number of aryl methyl sites for hydroxylation is 1. The number of ether oxygens (including phenoxy) is 2. The molecule has 3 aromatic carbocycles. The van der Waals surface area contributed by atoms with Crippen LogP contribution in [0, 0.1) is 6.92 Å². The zero-order valence-corrected chi connectivity index (χ0v) is 20.6. The van der Waals surface area contributed by atoms with Crippen LogP contribution >= 0.6 is 11.8 Å². The monoisotopic (exact) mass is 488 g/mol. The highest BCUT2D eigenvalue weighted by molar-refractivity contribution is 7.99. The van der Waals surface area contributed by atoms with Crippen LogP contribution in [0.1, 0.15) is 22.5 Å². The molecular formula is C27H28N4O3S. The van der Waals surface area contributed by atoms with Gasteiger partial charge in [0, 0.05) is 6.54 Å². The minimum absolute atomic E-state index is 0.0784. The third kappa shape index (κ3) is 6.86. The molecule has 0 bridgehead atoms. The van der Waals surface area contributed by atoms with Crippen LogP contribution in [0.2, 0.25) is 0 Å². The number of nitrogens with one attached hydrogen (secondary N) is 1. The number of benzene rings is 3. The Hall–Kier alpha value is -3.78. The van der Waals surface area contributed by atoms with Gasteiger partial charge in [-0.3, -0.25) is 4.79 Å². The van der Waals surface area contributed by atoms with Gasteiger partial charge in [-0.15, -0.1) is 10.2 Å². The number of methoxy groups -OCH3 is 1. The zero-order chi connectivity index (χ0) is 24.5. The highest BCUT2D eigenvalue weighted by Gasteiger charge is 2.13. The lowest BCUT2D eigenvalue weighted by Gasteiger charge is -2.13. The Balaban J connectivity index is 1.29. The van der Waals surface area contributed by atoms with E-state index in [1.165, 1.54) is 11.8 Å². The molecule has 0 atom stereocenters. The van der Waals surface area contributed by atoms with E-state index >= 15 is 0 Å². The lowest BCUT2D eigenvalue weighted by atomic mass is 10.2. The fraction of sp³-hybridized carbons (Fsp3) is 0.222. The third-order valence-corrected chi connectivity index (χ3v) is 6.34. The van der Waals surface area contributed by atoms with E-state index in [-0.39, 0.29) is 11.7 Å². The van der Waals surface area contributed by atoms with Gasteiger partial charge in [0.1, 0.15) is 12.4 Å². The first-order valence-electron chi connectivity index (χ1n) is 11.3. The molecule has 0 spiro atoms. The quantitative estimate of drug-likeness (QED) is 0.310. The van der Waals surface area contributed by atoms with Gasteiger partial charge in [-0.1, -0.05) is 78.5 Å². The molecule has 1 heterocycles. The number of amides is 1.